The Labute approximate surface area is 139 Å². The third-order valence-electron chi connectivity index (χ3n) is 3.62. The van der Waals surface area contributed by atoms with Gasteiger partial charge in [-0.3, -0.25) is 9.11 Å². The number of allylic oxidation sites excluding steroid dienone is 2. The molecule has 6 N–H and O–H groups in total. The Kier molecular flexibility index (Phi) is 4.59. The Morgan fingerprint density at radius 2 is 1.50 bits per heavy atom. The summed E-state index contributed by atoms with van der Waals surface area (Å²) in [6, 6.07) is 8.60. The highest BCUT2D eigenvalue weighted by atomic mass is 32.3. The fourth-order valence-electron chi connectivity index (χ4n) is 2.40. The normalized spacial score (nSPS) is 21.3. The fraction of sp³-hybridized carbons (Fsp3) is 0.143. The smallest absolute Gasteiger partial charge is 0.292 e. The number of hydrogen-bond donors (Lipinski definition) is 4. The molecule has 0 aliphatic heterocycles. The van der Waals surface area contributed by atoms with Crippen LogP contribution in [0.25, 0.3) is 6.08 Å². The maximum Gasteiger partial charge on any atom is 0.292 e. The second kappa shape index (κ2) is 6.06. The van der Waals surface area contributed by atoms with Crippen LogP contribution in [0.4, 0.5) is 0 Å². The molecule has 1 aromatic carbocycles. The predicted molar refractivity (Wildman–Crippen MR) is 89.3 cm³/mol. The second-order valence-electron chi connectivity index (χ2n) is 5.19. The van der Waals surface area contributed by atoms with Crippen molar-refractivity contribution < 1.29 is 25.9 Å². The zero-order chi connectivity index (χ0) is 18.2. The highest BCUT2D eigenvalue weighted by Gasteiger charge is 2.58. The van der Waals surface area contributed by atoms with Gasteiger partial charge in [-0.2, -0.15) is 16.8 Å². The molecule has 0 radical (unpaired) electrons. The fourth-order valence-corrected chi connectivity index (χ4v) is 4.99. The highest BCUT2D eigenvalue weighted by molar-refractivity contribution is 8.05. The van der Waals surface area contributed by atoms with Crippen LogP contribution < -0.4 is 11.5 Å². The summed E-state index contributed by atoms with van der Waals surface area (Å²) < 4.78 is 63.4. The molecule has 0 spiro atoms. The summed E-state index contributed by atoms with van der Waals surface area (Å²) in [6.07, 6.45) is 4.23. The molecule has 8 nitrogen and oxygen atoms in total. The van der Waals surface area contributed by atoms with E-state index in [4.69, 9.17) is 11.5 Å². The molecule has 0 bridgehead atoms. The average Bonchev–Trinajstić information content (AvgIpc) is 2.46. The molecule has 1 aliphatic rings. The minimum atomic E-state index is -5.30. The lowest BCUT2D eigenvalue weighted by atomic mass is 9.95. The van der Waals surface area contributed by atoms with Crippen molar-refractivity contribution in [1.82, 2.24) is 0 Å². The van der Waals surface area contributed by atoms with Gasteiger partial charge in [-0.25, -0.2) is 0 Å². The van der Waals surface area contributed by atoms with Crippen LogP contribution in [0.5, 0.6) is 0 Å². The Morgan fingerprint density at radius 1 is 0.958 bits per heavy atom. The summed E-state index contributed by atoms with van der Waals surface area (Å²) >= 11 is 0. The van der Waals surface area contributed by atoms with Crippen molar-refractivity contribution in [1.29, 1.82) is 0 Å². The van der Waals surface area contributed by atoms with Crippen LogP contribution in [0.3, 0.4) is 0 Å². The van der Waals surface area contributed by atoms with Gasteiger partial charge in [0.2, 0.25) is 0 Å². The molecular weight excluding hydrogens is 356 g/mol. The van der Waals surface area contributed by atoms with Crippen LogP contribution in [-0.2, 0) is 20.2 Å². The first-order valence-electron chi connectivity index (χ1n) is 6.62. The Bertz CT molecular complexity index is 899. The van der Waals surface area contributed by atoms with Gasteiger partial charge in [-0.1, -0.05) is 42.5 Å². The largest absolute Gasteiger partial charge is 0.397 e. The van der Waals surface area contributed by atoms with E-state index in [2.05, 4.69) is 0 Å². The molecule has 0 saturated carbocycles. The molecule has 0 aromatic heterocycles. The first-order valence-corrected chi connectivity index (χ1v) is 9.50. The zero-order valence-corrected chi connectivity index (χ0v) is 13.9. The van der Waals surface area contributed by atoms with Crippen molar-refractivity contribution in [3.05, 3.63) is 65.5 Å². The molecule has 1 aliphatic carbocycles. The van der Waals surface area contributed by atoms with Gasteiger partial charge in [0.15, 0.2) is 0 Å². The molecular formula is C14H16N2O6S2. The summed E-state index contributed by atoms with van der Waals surface area (Å²) in [5, 5.41) is 0. The maximum atomic E-state index is 11.8. The van der Waals surface area contributed by atoms with E-state index in [1.165, 1.54) is 12.2 Å². The zero-order valence-electron chi connectivity index (χ0n) is 12.3. The van der Waals surface area contributed by atoms with Crippen LogP contribution in [0.15, 0.2) is 60.0 Å². The number of rotatable bonds is 4. The lowest BCUT2D eigenvalue weighted by molar-refractivity contribution is 0.423. The van der Waals surface area contributed by atoms with E-state index in [1.807, 2.05) is 0 Å². The van der Waals surface area contributed by atoms with Gasteiger partial charge >= 0.3 is 0 Å². The standard InChI is InChI=1S/C14H16N2O6S2/c15-12-8-11(7-6-10-4-2-1-3-5-10)14(9-13(12)16,23(17,18)19)24(20,21)22/h1-9,11H,15-16H2,(H,17,18,19)(H,20,21,22). The summed E-state index contributed by atoms with van der Waals surface area (Å²) in [7, 11) is -10.6. The third kappa shape index (κ3) is 3.08. The van der Waals surface area contributed by atoms with Crippen molar-refractivity contribution in [2.45, 2.75) is 4.08 Å². The van der Waals surface area contributed by atoms with Gasteiger partial charge in [-0.15, -0.1) is 0 Å². The summed E-state index contributed by atoms with van der Waals surface area (Å²) in [6.45, 7) is 0. The van der Waals surface area contributed by atoms with Crippen LogP contribution in [0.1, 0.15) is 5.56 Å². The minimum absolute atomic E-state index is 0.0689. The number of benzene rings is 1. The quantitative estimate of drug-likeness (QED) is 0.555. The van der Waals surface area contributed by atoms with E-state index in [0.717, 1.165) is 6.08 Å². The van der Waals surface area contributed by atoms with Crippen LogP contribution in [0.2, 0.25) is 0 Å². The van der Waals surface area contributed by atoms with E-state index in [-0.39, 0.29) is 11.4 Å². The molecule has 130 valence electrons. The Hall–Kier alpha value is -2.14. The van der Waals surface area contributed by atoms with Crippen LogP contribution in [-0.4, -0.2) is 30.0 Å². The molecule has 1 atom stereocenters. The molecule has 2 rings (SSSR count). The van der Waals surface area contributed by atoms with E-state index >= 15 is 0 Å². The van der Waals surface area contributed by atoms with Crippen LogP contribution in [0, 0.1) is 5.92 Å². The summed E-state index contributed by atoms with van der Waals surface area (Å²) in [4.78, 5) is 0. The molecule has 24 heavy (non-hydrogen) atoms. The molecule has 1 unspecified atom stereocenters. The number of hydrogen-bond acceptors (Lipinski definition) is 6. The third-order valence-corrected chi connectivity index (χ3v) is 7.27. The number of nitrogens with two attached hydrogens (primary N) is 2. The van der Waals surface area contributed by atoms with Crippen molar-refractivity contribution in [2.75, 3.05) is 0 Å². The van der Waals surface area contributed by atoms with Gasteiger partial charge in [0.1, 0.15) is 0 Å². The van der Waals surface area contributed by atoms with Gasteiger partial charge in [0.25, 0.3) is 24.3 Å². The summed E-state index contributed by atoms with van der Waals surface area (Å²) in [5.74, 6) is -1.49. The molecule has 0 fully saturated rings. The highest BCUT2D eigenvalue weighted by Crippen LogP contribution is 2.40. The van der Waals surface area contributed by atoms with Crippen molar-refractivity contribution >= 4 is 26.3 Å². The van der Waals surface area contributed by atoms with Crippen LogP contribution >= 0.6 is 0 Å². The Balaban J connectivity index is 2.68. The van der Waals surface area contributed by atoms with Gasteiger partial charge < -0.3 is 11.5 Å². The van der Waals surface area contributed by atoms with E-state index in [0.29, 0.717) is 11.6 Å². The van der Waals surface area contributed by atoms with Gasteiger partial charge in [0.05, 0.1) is 11.4 Å². The SMILES string of the molecule is NC1=CC(C=Cc2ccccc2)C(S(=O)(=O)O)(S(=O)(=O)O)C=C1N. The van der Waals surface area contributed by atoms with Gasteiger partial charge in [0, 0.05) is 5.92 Å². The van der Waals surface area contributed by atoms with E-state index in [9.17, 15) is 25.9 Å². The second-order valence-corrected chi connectivity index (χ2v) is 8.70. The molecule has 0 amide bonds. The minimum Gasteiger partial charge on any atom is -0.397 e. The average molecular weight is 372 g/mol. The summed E-state index contributed by atoms with van der Waals surface area (Å²) in [5.41, 5.74) is 11.3. The van der Waals surface area contributed by atoms with Crippen molar-refractivity contribution in [2.24, 2.45) is 17.4 Å². The molecule has 1 aromatic rings. The van der Waals surface area contributed by atoms with Gasteiger partial charge in [-0.05, 0) is 17.7 Å². The monoisotopic (exact) mass is 372 g/mol. The molecule has 0 heterocycles. The maximum absolute atomic E-state index is 11.8. The molecule has 0 saturated heterocycles. The first-order chi connectivity index (χ1) is 11.0. The first kappa shape index (κ1) is 18.2. The lowest BCUT2D eigenvalue weighted by Gasteiger charge is -2.32. The van der Waals surface area contributed by atoms with E-state index in [1.54, 1.807) is 30.3 Å². The Morgan fingerprint density at radius 3 is 2.00 bits per heavy atom. The molecule has 10 heteroatoms. The van der Waals surface area contributed by atoms with E-state index < -0.39 is 30.2 Å². The lowest BCUT2D eigenvalue weighted by Crippen LogP contribution is -2.51. The topological polar surface area (TPSA) is 161 Å². The predicted octanol–water partition coefficient (Wildman–Crippen LogP) is 0.487. The van der Waals surface area contributed by atoms with Crippen molar-refractivity contribution in [3.8, 4) is 0 Å². The van der Waals surface area contributed by atoms with Crippen molar-refractivity contribution in [3.63, 3.8) is 0 Å².